The molecule has 0 radical (unpaired) electrons. The molecule has 1 fully saturated rings. The molecule has 0 unspecified atom stereocenters. The van der Waals surface area contributed by atoms with E-state index in [1.165, 1.54) is 16.4 Å². The number of nitrogen functional groups attached to an aromatic ring is 1. The Balaban J connectivity index is 2.54. The molecule has 1 aliphatic rings. The van der Waals surface area contributed by atoms with E-state index in [4.69, 9.17) is 17.3 Å². The van der Waals surface area contributed by atoms with Gasteiger partial charge in [0.2, 0.25) is 15.9 Å². The summed E-state index contributed by atoms with van der Waals surface area (Å²) in [4.78, 5) is 11.9. The van der Waals surface area contributed by atoms with Gasteiger partial charge in [0.15, 0.2) is 0 Å². The number of nitrogens with two attached hydrogens (primary N) is 1. The van der Waals surface area contributed by atoms with E-state index in [1.807, 2.05) is 0 Å². The zero-order valence-electron chi connectivity index (χ0n) is 12.1. The van der Waals surface area contributed by atoms with E-state index in [9.17, 15) is 13.2 Å². The summed E-state index contributed by atoms with van der Waals surface area (Å²) in [6, 6.07) is 2.74. The van der Waals surface area contributed by atoms with Crippen LogP contribution in [-0.4, -0.2) is 37.3 Å². The lowest BCUT2D eigenvalue weighted by atomic mass is 10.0. The monoisotopic (exact) mass is 331 g/mol. The van der Waals surface area contributed by atoms with Crippen LogP contribution >= 0.6 is 11.6 Å². The molecular weight excluding hydrogens is 314 g/mol. The van der Waals surface area contributed by atoms with Crippen LogP contribution in [0.15, 0.2) is 17.0 Å². The van der Waals surface area contributed by atoms with Crippen LogP contribution in [0.4, 0.5) is 5.69 Å². The number of piperazine rings is 1. The molecule has 0 aromatic heterocycles. The van der Waals surface area contributed by atoms with E-state index in [0.717, 1.165) is 0 Å². The number of rotatable bonds is 2. The van der Waals surface area contributed by atoms with E-state index >= 15 is 0 Å². The lowest BCUT2D eigenvalue weighted by Gasteiger charge is -2.39. The molecule has 0 atom stereocenters. The number of nitrogens with one attached hydrogen (secondary N) is 1. The average molecular weight is 332 g/mol. The first-order valence-electron chi connectivity index (χ1n) is 6.45. The zero-order chi connectivity index (χ0) is 16.0. The van der Waals surface area contributed by atoms with Crippen molar-refractivity contribution < 1.29 is 13.2 Å². The Morgan fingerprint density at radius 1 is 1.38 bits per heavy atom. The van der Waals surface area contributed by atoms with Crippen molar-refractivity contribution in [3.05, 3.63) is 22.7 Å². The summed E-state index contributed by atoms with van der Waals surface area (Å²) in [5.41, 5.74) is 5.57. The number of amides is 1. The summed E-state index contributed by atoms with van der Waals surface area (Å²) >= 11 is 6.02. The minimum absolute atomic E-state index is 0.00150. The van der Waals surface area contributed by atoms with Crippen molar-refractivity contribution in [3.63, 3.8) is 0 Å². The molecule has 0 spiro atoms. The second-order valence-corrected chi connectivity index (χ2v) is 7.78. The Morgan fingerprint density at radius 2 is 2.00 bits per heavy atom. The molecule has 2 rings (SSSR count). The molecule has 0 bridgehead atoms. The Morgan fingerprint density at radius 3 is 2.57 bits per heavy atom. The number of hydrogen-bond donors (Lipinski definition) is 2. The SMILES string of the molecule is Cc1c(N)cc(S(=O)(=O)N2CCNC(=O)C2(C)C)cc1Cl. The molecule has 1 saturated heterocycles. The highest BCUT2D eigenvalue weighted by molar-refractivity contribution is 7.89. The van der Waals surface area contributed by atoms with Crippen LogP contribution in [0.5, 0.6) is 0 Å². The van der Waals surface area contributed by atoms with Crippen molar-refractivity contribution >= 4 is 33.2 Å². The lowest BCUT2D eigenvalue weighted by molar-refractivity contribution is -0.131. The number of sulfonamides is 1. The first kappa shape index (κ1) is 16.1. The normalized spacial score (nSPS) is 19.3. The number of carbonyl (C=O) groups excluding carboxylic acids is 1. The standard InChI is InChI=1S/C13H18ClN3O3S/c1-8-10(14)6-9(7-11(8)15)21(19,20)17-5-4-16-12(18)13(17,2)3/h6-7H,4-5,15H2,1-3H3,(H,16,18). The fraction of sp³-hybridized carbons (Fsp3) is 0.462. The lowest BCUT2D eigenvalue weighted by Crippen LogP contribution is -2.63. The molecule has 116 valence electrons. The third kappa shape index (κ3) is 2.61. The van der Waals surface area contributed by atoms with Crippen molar-refractivity contribution in [1.82, 2.24) is 9.62 Å². The molecular formula is C13H18ClN3O3S. The molecule has 1 aliphatic heterocycles. The smallest absolute Gasteiger partial charge is 0.244 e. The largest absolute Gasteiger partial charge is 0.398 e. The molecule has 0 aliphatic carbocycles. The van der Waals surface area contributed by atoms with Gasteiger partial charge in [-0.1, -0.05) is 11.6 Å². The van der Waals surface area contributed by atoms with Gasteiger partial charge in [0.25, 0.3) is 0 Å². The summed E-state index contributed by atoms with van der Waals surface area (Å²) in [6.45, 7) is 5.33. The highest BCUT2D eigenvalue weighted by Crippen LogP contribution is 2.31. The van der Waals surface area contributed by atoms with Crippen molar-refractivity contribution in [2.24, 2.45) is 0 Å². The van der Waals surface area contributed by atoms with Crippen LogP contribution in [0, 0.1) is 6.92 Å². The third-order valence-electron chi connectivity index (χ3n) is 3.73. The first-order chi connectivity index (χ1) is 9.58. The molecule has 1 heterocycles. The maximum Gasteiger partial charge on any atom is 0.244 e. The summed E-state index contributed by atoms with van der Waals surface area (Å²) < 4.78 is 26.8. The second-order valence-electron chi connectivity index (χ2n) is 5.51. The van der Waals surface area contributed by atoms with Gasteiger partial charge in [-0.3, -0.25) is 4.79 Å². The van der Waals surface area contributed by atoms with E-state index < -0.39 is 15.6 Å². The molecule has 1 amide bonds. The van der Waals surface area contributed by atoms with Crippen LogP contribution in [0.1, 0.15) is 19.4 Å². The van der Waals surface area contributed by atoms with Gasteiger partial charge in [0.1, 0.15) is 5.54 Å². The van der Waals surface area contributed by atoms with Gasteiger partial charge in [0, 0.05) is 23.8 Å². The topological polar surface area (TPSA) is 92.5 Å². The summed E-state index contributed by atoms with van der Waals surface area (Å²) in [5, 5.41) is 2.95. The zero-order valence-corrected chi connectivity index (χ0v) is 13.7. The number of hydrogen-bond acceptors (Lipinski definition) is 4. The fourth-order valence-corrected chi connectivity index (χ4v) is 4.36. The maximum atomic E-state index is 12.8. The number of nitrogens with zero attached hydrogens (tertiary/aromatic N) is 1. The predicted molar refractivity (Wildman–Crippen MR) is 81.6 cm³/mol. The molecule has 21 heavy (non-hydrogen) atoms. The molecule has 6 nitrogen and oxygen atoms in total. The van der Waals surface area contributed by atoms with Gasteiger partial charge < -0.3 is 11.1 Å². The van der Waals surface area contributed by atoms with Crippen LogP contribution in [-0.2, 0) is 14.8 Å². The second kappa shape index (κ2) is 5.15. The van der Waals surface area contributed by atoms with E-state index in [0.29, 0.717) is 11.3 Å². The van der Waals surface area contributed by atoms with Gasteiger partial charge in [-0.25, -0.2) is 8.42 Å². The predicted octanol–water partition coefficient (Wildman–Crippen LogP) is 1.13. The van der Waals surface area contributed by atoms with Crippen LogP contribution in [0.2, 0.25) is 5.02 Å². The van der Waals surface area contributed by atoms with Gasteiger partial charge >= 0.3 is 0 Å². The van der Waals surface area contributed by atoms with E-state index in [-0.39, 0.29) is 28.9 Å². The van der Waals surface area contributed by atoms with Crippen LogP contribution in [0.3, 0.4) is 0 Å². The van der Waals surface area contributed by atoms with Gasteiger partial charge in [-0.05, 0) is 38.5 Å². The summed E-state index contributed by atoms with van der Waals surface area (Å²) in [6.07, 6.45) is 0. The quantitative estimate of drug-likeness (QED) is 0.794. The minimum atomic E-state index is -3.86. The molecule has 0 saturated carbocycles. The number of anilines is 1. The molecule has 3 N–H and O–H groups in total. The third-order valence-corrected chi connectivity index (χ3v) is 6.17. The Bertz CT molecular complexity index is 678. The Labute approximate surface area is 129 Å². The highest BCUT2D eigenvalue weighted by atomic mass is 35.5. The van der Waals surface area contributed by atoms with Crippen molar-refractivity contribution in [2.45, 2.75) is 31.2 Å². The van der Waals surface area contributed by atoms with Gasteiger partial charge in [-0.2, -0.15) is 4.31 Å². The number of benzene rings is 1. The average Bonchev–Trinajstić information content (AvgIpc) is 2.38. The van der Waals surface area contributed by atoms with Crippen molar-refractivity contribution in [3.8, 4) is 0 Å². The Kier molecular flexibility index (Phi) is 3.94. The Hall–Kier alpha value is -1.31. The molecule has 1 aromatic carbocycles. The summed E-state index contributed by atoms with van der Waals surface area (Å²) in [7, 11) is -3.86. The van der Waals surface area contributed by atoms with Crippen LogP contribution in [0.25, 0.3) is 0 Å². The fourth-order valence-electron chi connectivity index (χ4n) is 2.25. The maximum absolute atomic E-state index is 12.8. The van der Waals surface area contributed by atoms with Gasteiger partial charge in [0.05, 0.1) is 4.90 Å². The van der Waals surface area contributed by atoms with Crippen LogP contribution < -0.4 is 11.1 Å². The molecule has 8 heteroatoms. The van der Waals surface area contributed by atoms with Crippen molar-refractivity contribution in [2.75, 3.05) is 18.8 Å². The highest BCUT2D eigenvalue weighted by Gasteiger charge is 2.45. The van der Waals surface area contributed by atoms with Crippen molar-refractivity contribution in [1.29, 1.82) is 0 Å². The number of halogens is 1. The van der Waals surface area contributed by atoms with E-state index in [1.54, 1.807) is 20.8 Å². The van der Waals surface area contributed by atoms with Gasteiger partial charge in [-0.15, -0.1) is 0 Å². The molecule has 1 aromatic rings. The minimum Gasteiger partial charge on any atom is -0.398 e. The van der Waals surface area contributed by atoms with E-state index in [2.05, 4.69) is 5.32 Å². The number of carbonyl (C=O) groups is 1. The summed E-state index contributed by atoms with van der Waals surface area (Å²) in [5.74, 6) is -0.330. The first-order valence-corrected chi connectivity index (χ1v) is 8.27.